The summed E-state index contributed by atoms with van der Waals surface area (Å²) in [5, 5.41) is 4.72. The second-order valence-corrected chi connectivity index (χ2v) is 8.73. The van der Waals surface area contributed by atoms with E-state index >= 15 is 0 Å². The van der Waals surface area contributed by atoms with Crippen LogP contribution in [0.15, 0.2) is 48.5 Å². The highest BCUT2D eigenvalue weighted by Gasteiger charge is 2.24. The van der Waals surface area contributed by atoms with Crippen molar-refractivity contribution in [3.63, 3.8) is 0 Å². The van der Waals surface area contributed by atoms with E-state index in [9.17, 15) is 4.79 Å². The SMILES string of the molecule is Cc1nc(-c2ccc(Cl)cc2)sc1C(=O)NC1CCCN(c2ccc(N)cc2)C1. The average Bonchev–Trinajstić information content (AvgIpc) is 3.11. The zero-order valence-corrected chi connectivity index (χ0v) is 17.8. The highest BCUT2D eigenvalue weighted by Crippen LogP contribution is 2.29. The third kappa shape index (κ3) is 4.54. The van der Waals surface area contributed by atoms with E-state index in [-0.39, 0.29) is 11.9 Å². The van der Waals surface area contributed by atoms with Gasteiger partial charge in [-0.25, -0.2) is 4.98 Å². The first-order valence-electron chi connectivity index (χ1n) is 9.64. The number of amides is 1. The summed E-state index contributed by atoms with van der Waals surface area (Å²) in [5.74, 6) is -0.0515. The van der Waals surface area contributed by atoms with Crippen molar-refractivity contribution in [2.24, 2.45) is 0 Å². The Hall–Kier alpha value is -2.57. The number of thiazole rings is 1. The number of nitrogen functional groups attached to an aromatic ring is 1. The molecule has 1 fully saturated rings. The molecule has 150 valence electrons. The fraction of sp³-hybridized carbons (Fsp3) is 0.273. The van der Waals surface area contributed by atoms with Gasteiger partial charge in [-0.2, -0.15) is 0 Å². The van der Waals surface area contributed by atoms with Gasteiger partial charge in [0.2, 0.25) is 0 Å². The van der Waals surface area contributed by atoms with Crippen LogP contribution in [0.2, 0.25) is 5.02 Å². The number of carbonyl (C=O) groups excluding carboxylic acids is 1. The van der Waals surface area contributed by atoms with Crippen LogP contribution in [0.1, 0.15) is 28.2 Å². The molecule has 0 spiro atoms. The van der Waals surface area contributed by atoms with E-state index in [1.807, 2.05) is 55.5 Å². The molecule has 3 N–H and O–H groups in total. The summed E-state index contributed by atoms with van der Waals surface area (Å²) in [6.07, 6.45) is 2.01. The molecule has 29 heavy (non-hydrogen) atoms. The highest BCUT2D eigenvalue weighted by molar-refractivity contribution is 7.17. The maximum Gasteiger partial charge on any atom is 0.263 e. The summed E-state index contributed by atoms with van der Waals surface area (Å²) in [7, 11) is 0. The molecule has 1 aliphatic rings. The van der Waals surface area contributed by atoms with Gasteiger partial charge in [0.1, 0.15) is 9.88 Å². The number of aromatic nitrogens is 1. The summed E-state index contributed by atoms with van der Waals surface area (Å²) in [5.41, 5.74) is 9.41. The Kier molecular flexibility index (Phi) is 5.74. The van der Waals surface area contributed by atoms with E-state index in [2.05, 4.69) is 15.2 Å². The average molecular weight is 427 g/mol. The highest BCUT2D eigenvalue weighted by atomic mass is 35.5. The normalized spacial score (nSPS) is 16.6. The molecule has 1 amide bonds. The monoisotopic (exact) mass is 426 g/mol. The first kappa shape index (κ1) is 19.7. The second-order valence-electron chi connectivity index (χ2n) is 7.29. The lowest BCUT2D eigenvalue weighted by molar-refractivity contribution is 0.0936. The van der Waals surface area contributed by atoms with Gasteiger partial charge in [0.25, 0.3) is 5.91 Å². The van der Waals surface area contributed by atoms with E-state index in [1.165, 1.54) is 11.3 Å². The van der Waals surface area contributed by atoms with Crippen molar-refractivity contribution in [3.05, 3.63) is 64.1 Å². The smallest absolute Gasteiger partial charge is 0.263 e. The molecule has 1 saturated heterocycles. The van der Waals surface area contributed by atoms with Crippen molar-refractivity contribution in [1.29, 1.82) is 0 Å². The van der Waals surface area contributed by atoms with Gasteiger partial charge in [-0.1, -0.05) is 23.7 Å². The summed E-state index contributed by atoms with van der Waals surface area (Å²) in [6.45, 7) is 3.65. The van der Waals surface area contributed by atoms with Gasteiger partial charge in [0, 0.05) is 41.1 Å². The number of hydrogen-bond acceptors (Lipinski definition) is 5. The number of nitrogens with two attached hydrogens (primary N) is 1. The van der Waals surface area contributed by atoms with Gasteiger partial charge >= 0.3 is 0 Å². The van der Waals surface area contributed by atoms with Crippen molar-refractivity contribution in [3.8, 4) is 10.6 Å². The molecular weight excluding hydrogens is 404 g/mol. The third-order valence-electron chi connectivity index (χ3n) is 5.11. The second kappa shape index (κ2) is 8.43. The van der Waals surface area contributed by atoms with E-state index in [4.69, 9.17) is 17.3 Å². The molecule has 1 aromatic heterocycles. The van der Waals surface area contributed by atoms with E-state index < -0.39 is 0 Å². The van der Waals surface area contributed by atoms with Crippen LogP contribution in [-0.2, 0) is 0 Å². The van der Waals surface area contributed by atoms with Crippen LogP contribution in [0.5, 0.6) is 0 Å². The van der Waals surface area contributed by atoms with Gasteiger partial charge in [0.15, 0.2) is 0 Å². The summed E-state index contributed by atoms with van der Waals surface area (Å²) < 4.78 is 0. The number of carbonyl (C=O) groups is 1. The van der Waals surface area contributed by atoms with Crippen molar-refractivity contribution in [1.82, 2.24) is 10.3 Å². The summed E-state index contributed by atoms with van der Waals surface area (Å²) in [6, 6.07) is 15.5. The van der Waals surface area contributed by atoms with Crippen LogP contribution in [0.25, 0.3) is 10.6 Å². The van der Waals surface area contributed by atoms with Gasteiger partial charge < -0.3 is 16.0 Å². The molecule has 1 atom stereocenters. The van der Waals surface area contributed by atoms with Crippen molar-refractivity contribution in [2.45, 2.75) is 25.8 Å². The summed E-state index contributed by atoms with van der Waals surface area (Å²) in [4.78, 5) is 20.5. The number of hydrogen-bond donors (Lipinski definition) is 2. The molecule has 0 aliphatic carbocycles. The van der Waals surface area contributed by atoms with Crippen LogP contribution >= 0.6 is 22.9 Å². The molecule has 5 nitrogen and oxygen atoms in total. The minimum absolute atomic E-state index is 0.0515. The number of anilines is 2. The zero-order chi connectivity index (χ0) is 20.4. The molecule has 2 aromatic carbocycles. The molecule has 1 unspecified atom stereocenters. The maximum absolute atomic E-state index is 12.9. The largest absolute Gasteiger partial charge is 0.399 e. The number of piperidine rings is 1. The van der Waals surface area contributed by atoms with Crippen molar-refractivity contribution in [2.75, 3.05) is 23.7 Å². The van der Waals surface area contributed by atoms with Gasteiger partial charge in [-0.05, 0) is 56.2 Å². The van der Waals surface area contributed by atoms with Crippen LogP contribution in [0, 0.1) is 6.92 Å². The molecule has 0 bridgehead atoms. The van der Waals surface area contributed by atoms with Gasteiger partial charge in [0.05, 0.1) is 5.69 Å². The van der Waals surface area contributed by atoms with E-state index in [1.54, 1.807) is 0 Å². The number of halogens is 1. The van der Waals surface area contributed by atoms with Crippen LogP contribution < -0.4 is 16.0 Å². The predicted octanol–water partition coefficient (Wildman–Crippen LogP) is 4.75. The Balaban J connectivity index is 1.45. The number of rotatable bonds is 4. The van der Waals surface area contributed by atoms with Crippen LogP contribution in [0.4, 0.5) is 11.4 Å². The molecule has 4 rings (SSSR count). The van der Waals surface area contributed by atoms with Crippen LogP contribution in [-0.4, -0.2) is 30.0 Å². The number of aryl methyl sites for hydroxylation is 1. The lowest BCUT2D eigenvalue weighted by atomic mass is 10.0. The fourth-order valence-corrected chi connectivity index (χ4v) is 4.69. The fourth-order valence-electron chi connectivity index (χ4n) is 3.59. The minimum Gasteiger partial charge on any atom is -0.399 e. The lowest BCUT2D eigenvalue weighted by Gasteiger charge is -2.34. The van der Waals surface area contributed by atoms with E-state index in [0.29, 0.717) is 9.90 Å². The standard InChI is InChI=1S/C22H23ClN4OS/c1-14-20(29-22(25-14)15-4-6-16(23)7-5-15)21(28)26-18-3-2-12-27(13-18)19-10-8-17(24)9-11-19/h4-11,18H,2-3,12-13,24H2,1H3,(H,26,28). The predicted molar refractivity (Wildman–Crippen MR) is 121 cm³/mol. The molecule has 1 aliphatic heterocycles. The van der Waals surface area contributed by atoms with Crippen molar-refractivity contribution < 1.29 is 4.79 Å². The Labute approximate surface area is 179 Å². The number of benzene rings is 2. The Bertz CT molecular complexity index is 1000. The molecule has 2 heterocycles. The quantitative estimate of drug-likeness (QED) is 0.590. The van der Waals surface area contributed by atoms with Gasteiger partial charge in [-0.3, -0.25) is 4.79 Å². The molecule has 0 saturated carbocycles. The molecule has 3 aromatic rings. The first-order chi connectivity index (χ1) is 14.0. The number of nitrogens with zero attached hydrogens (tertiary/aromatic N) is 2. The Morgan fingerprint density at radius 3 is 2.66 bits per heavy atom. The van der Waals surface area contributed by atoms with Crippen molar-refractivity contribution >= 4 is 40.2 Å². The Morgan fingerprint density at radius 1 is 1.21 bits per heavy atom. The third-order valence-corrected chi connectivity index (χ3v) is 6.57. The topological polar surface area (TPSA) is 71.2 Å². The lowest BCUT2D eigenvalue weighted by Crippen LogP contribution is -2.47. The molecule has 7 heteroatoms. The zero-order valence-electron chi connectivity index (χ0n) is 16.2. The maximum atomic E-state index is 12.9. The van der Waals surface area contributed by atoms with E-state index in [0.717, 1.165) is 53.6 Å². The minimum atomic E-state index is -0.0515. The first-order valence-corrected chi connectivity index (χ1v) is 10.8. The Morgan fingerprint density at radius 2 is 1.93 bits per heavy atom. The summed E-state index contributed by atoms with van der Waals surface area (Å²) >= 11 is 7.39. The molecule has 0 radical (unpaired) electrons. The molecular formula is C22H23ClN4OS. The van der Waals surface area contributed by atoms with Gasteiger partial charge in [-0.15, -0.1) is 11.3 Å². The van der Waals surface area contributed by atoms with Crippen LogP contribution in [0.3, 0.4) is 0 Å². The number of nitrogens with one attached hydrogen (secondary N) is 1.